The first kappa shape index (κ1) is 11.5. The summed E-state index contributed by atoms with van der Waals surface area (Å²) in [6, 6.07) is 3.70. The second-order valence-electron chi connectivity index (χ2n) is 4.19. The van der Waals surface area contributed by atoms with Gasteiger partial charge in [0, 0.05) is 26.5 Å². The van der Waals surface area contributed by atoms with Gasteiger partial charge < -0.3 is 10.2 Å². The fourth-order valence-corrected chi connectivity index (χ4v) is 1.18. The number of hydrogen-bond acceptors (Lipinski definition) is 2. The number of nitrogens with one attached hydrogen (secondary N) is 1. The molecule has 4 nitrogen and oxygen atoms in total. The quantitative estimate of drug-likeness (QED) is 0.800. The maximum Gasteiger partial charge on any atom is 0.317 e. The minimum atomic E-state index is -0.407. The number of rotatable bonds is 2. The SMILES string of the molecule is CN(C)C(=O)NC(C)(C)c1cccnc1. The highest BCUT2D eigenvalue weighted by atomic mass is 16.2. The summed E-state index contributed by atoms with van der Waals surface area (Å²) in [5.41, 5.74) is 0.579. The van der Waals surface area contributed by atoms with Gasteiger partial charge in [-0.1, -0.05) is 6.07 Å². The highest BCUT2D eigenvalue weighted by Crippen LogP contribution is 2.18. The molecule has 0 aromatic carbocycles. The van der Waals surface area contributed by atoms with Crippen molar-refractivity contribution >= 4 is 6.03 Å². The fourth-order valence-electron chi connectivity index (χ4n) is 1.18. The van der Waals surface area contributed by atoms with Crippen molar-refractivity contribution in [1.29, 1.82) is 0 Å². The number of pyridine rings is 1. The largest absolute Gasteiger partial charge is 0.331 e. The second-order valence-corrected chi connectivity index (χ2v) is 4.19. The monoisotopic (exact) mass is 207 g/mol. The molecule has 15 heavy (non-hydrogen) atoms. The summed E-state index contributed by atoms with van der Waals surface area (Å²) >= 11 is 0. The molecule has 4 heteroatoms. The van der Waals surface area contributed by atoms with Gasteiger partial charge in [0.1, 0.15) is 0 Å². The lowest BCUT2D eigenvalue weighted by molar-refractivity contribution is 0.205. The number of amides is 2. The van der Waals surface area contributed by atoms with Gasteiger partial charge in [-0.15, -0.1) is 0 Å². The number of hydrogen-bond donors (Lipinski definition) is 1. The molecule has 0 fully saturated rings. The highest BCUT2D eigenvalue weighted by molar-refractivity contribution is 5.74. The van der Waals surface area contributed by atoms with Crippen molar-refractivity contribution in [2.45, 2.75) is 19.4 Å². The van der Waals surface area contributed by atoms with Crippen LogP contribution in [-0.4, -0.2) is 30.0 Å². The first-order chi connectivity index (χ1) is 6.93. The van der Waals surface area contributed by atoms with Crippen molar-refractivity contribution in [2.75, 3.05) is 14.1 Å². The molecule has 0 bridgehead atoms. The summed E-state index contributed by atoms with van der Waals surface area (Å²) in [7, 11) is 3.43. The number of urea groups is 1. The molecule has 0 atom stereocenters. The van der Waals surface area contributed by atoms with Gasteiger partial charge in [-0.3, -0.25) is 4.98 Å². The fraction of sp³-hybridized carbons (Fsp3) is 0.455. The molecule has 0 radical (unpaired) electrons. The molecule has 1 heterocycles. The minimum absolute atomic E-state index is 0.108. The van der Waals surface area contributed by atoms with Gasteiger partial charge in [-0.2, -0.15) is 0 Å². The third-order valence-corrected chi connectivity index (χ3v) is 2.21. The van der Waals surface area contributed by atoms with E-state index in [1.165, 1.54) is 4.90 Å². The Labute approximate surface area is 90.3 Å². The van der Waals surface area contributed by atoms with E-state index in [1.807, 2.05) is 26.0 Å². The standard InChI is InChI=1S/C11H17N3O/c1-11(2,13-10(15)14(3)4)9-6-5-7-12-8-9/h5-8H,1-4H3,(H,13,15). The zero-order valence-corrected chi connectivity index (χ0v) is 9.61. The molecule has 1 rings (SSSR count). The van der Waals surface area contributed by atoms with Crippen LogP contribution in [0, 0.1) is 0 Å². The summed E-state index contributed by atoms with van der Waals surface area (Å²) in [5.74, 6) is 0. The van der Waals surface area contributed by atoms with E-state index < -0.39 is 5.54 Å². The maximum atomic E-state index is 11.5. The Kier molecular flexibility index (Phi) is 3.29. The molecule has 0 saturated carbocycles. The summed E-state index contributed by atoms with van der Waals surface area (Å²) < 4.78 is 0. The van der Waals surface area contributed by atoms with Gasteiger partial charge in [-0.25, -0.2) is 4.79 Å². The van der Waals surface area contributed by atoms with Gasteiger partial charge in [0.05, 0.1) is 5.54 Å². The van der Waals surface area contributed by atoms with E-state index >= 15 is 0 Å². The summed E-state index contributed by atoms with van der Waals surface area (Å²) in [6.07, 6.45) is 3.48. The van der Waals surface area contributed by atoms with E-state index in [1.54, 1.807) is 26.5 Å². The van der Waals surface area contributed by atoms with Crippen molar-refractivity contribution in [3.8, 4) is 0 Å². The summed E-state index contributed by atoms with van der Waals surface area (Å²) in [5, 5.41) is 2.92. The molecular weight excluding hydrogens is 190 g/mol. The highest BCUT2D eigenvalue weighted by Gasteiger charge is 2.23. The van der Waals surface area contributed by atoms with Crippen LogP contribution in [0.4, 0.5) is 4.79 Å². The first-order valence-electron chi connectivity index (χ1n) is 4.83. The van der Waals surface area contributed by atoms with Gasteiger partial charge >= 0.3 is 6.03 Å². The second kappa shape index (κ2) is 4.29. The molecule has 0 aliphatic heterocycles. The van der Waals surface area contributed by atoms with Gasteiger partial charge in [0.25, 0.3) is 0 Å². The minimum Gasteiger partial charge on any atom is -0.331 e. The van der Waals surface area contributed by atoms with E-state index in [0.717, 1.165) is 5.56 Å². The first-order valence-corrected chi connectivity index (χ1v) is 4.83. The lowest BCUT2D eigenvalue weighted by Crippen LogP contribution is -2.45. The normalized spacial score (nSPS) is 10.9. The topological polar surface area (TPSA) is 45.2 Å². The van der Waals surface area contributed by atoms with E-state index in [0.29, 0.717) is 0 Å². The number of aromatic nitrogens is 1. The smallest absolute Gasteiger partial charge is 0.317 e. The number of carbonyl (C=O) groups is 1. The zero-order chi connectivity index (χ0) is 11.5. The van der Waals surface area contributed by atoms with Gasteiger partial charge in [0.2, 0.25) is 0 Å². The van der Waals surface area contributed by atoms with Crippen LogP contribution in [0.1, 0.15) is 19.4 Å². The third kappa shape index (κ3) is 2.94. The molecule has 0 spiro atoms. The van der Waals surface area contributed by atoms with Crippen LogP contribution in [0.15, 0.2) is 24.5 Å². The predicted octanol–water partition coefficient (Wildman–Crippen LogP) is 1.59. The van der Waals surface area contributed by atoms with Crippen molar-refractivity contribution in [3.05, 3.63) is 30.1 Å². The Bertz CT molecular complexity index is 333. The molecule has 0 saturated heterocycles. The Morgan fingerprint density at radius 2 is 2.13 bits per heavy atom. The number of carbonyl (C=O) groups excluding carboxylic acids is 1. The average molecular weight is 207 g/mol. The molecule has 0 aliphatic carbocycles. The van der Waals surface area contributed by atoms with Crippen molar-refractivity contribution in [1.82, 2.24) is 15.2 Å². The lowest BCUT2D eigenvalue weighted by atomic mass is 9.96. The van der Waals surface area contributed by atoms with Crippen LogP contribution in [0.2, 0.25) is 0 Å². The van der Waals surface area contributed by atoms with Gasteiger partial charge in [-0.05, 0) is 25.5 Å². The van der Waals surface area contributed by atoms with E-state index in [-0.39, 0.29) is 6.03 Å². The van der Waals surface area contributed by atoms with Crippen molar-refractivity contribution in [2.24, 2.45) is 0 Å². The Hall–Kier alpha value is -1.58. The molecule has 1 N–H and O–H groups in total. The van der Waals surface area contributed by atoms with E-state index in [2.05, 4.69) is 10.3 Å². The van der Waals surface area contributed by atoms with Gasteiger partial charge in [0.15, 0.2) is 0 Å². The van der Waals surface area contributed by atoms with Crippen LogP contribution in [0.3, 0.4) is 0 Å². The Balaban J connectivity index is 2.80. The molecule has 0 unspecified atom stereocenters. The molecule has 82 valence electrons. The number of nitrogens with zero attached hydrogens (tertiary/aromatic N) is 2. The van der Waals surface area contributed by atoms with Crippen LogP contribution >= 0.6 is 0 Å². The van der Waals surface area contributed by atoms with Crippen LogP contribution in [0.5, 0.6) is 0 Å². The zero-order valence-electron chi connectivity index (χ0n) is 9.61. The maximum absolute atomic E-state index is 11.5. The molecular formula is C11H17N3O. The molecule has 2 amide bonds. The van der Waals surface area contributed by atoms with E-state index in [9.17, 15) is 4.79 Å². The third-order valence-electron chi connectivity index (χ3n) is 2.21. The van der Waals surface area contributed by atoms with Crippen molar-refractivity contribution < 1.29 is 4.79 Å². The predicted molar refractivity (Wildman–Crippen MR) is 59.5 cm³/mol. The molecule has 1 aromatic heterocycles. The summed E-state index contributed by atoms with van der Waals surface area (Å²) in [4.78, 5) is 17.1. The molecule has 0 aliphatic rings. The van der Waals surface area contributed by atoms with Crippen LogP contribution in [0.25, 0.3) is 0 Å². The Morgan fingerprint density at radius 1 is 1.47 bits per heavy atom. The molecule has 1 aromatic rings. The van der Waals surface area contributed by atoms with Crippen LogP contribution in [-0.2, 0) is 5.54 Å². The average Bonchev–Trinajstić information content (AvgIpc) is 2.18. The van der Waals surface area contributed by atoms with Crippen molar-refractivity contribution in [3.63, 3.8) is 0 Å². The Morgan fingerprint density at radius 3 is 2.60 bits per heavy atom. The summed E-state index contributed by atoms with van der Waals surface area (Å²) in [6.45, 7) is 3.90. The lowest BCUT2D eigenvalue weighted by Gasteiger charge is -2.28. The van der Waals surface area contributed by atoms with E-state index in [4.69, 9.17) is 0 Å². The van der Waals surface area contributed by atoms with Crippen LogP contribution < -0.4 is 5.32 Å².